The fourth-order valence-electron chi connectivity index (χ4n) is 1.05. The third-order valence-electron chi connectivity index (χ3n) is 1.72. The van der Waals surface area contributed by atoms with Crippen molar-refractivity contribution in [3.63, 3.8) is 0 Å². The van der Waals surface area contributed by atoms with Gasteiger partial charge in [-0.05, 0) is 26.0 Å². The van der Waals surface area contributed by atoms with Crippen LogP contribution in [0.15, 0.2) is 12.3 Å². The molecule has 1 aromatic heterocycles. The molecule has 0 bridgehead atoms. The first-order valence-electron chi connectivity index (χ1n) is 4.68. The smallest absolute Gasteiger partial charge is 0.358 e. The second-order valence-corrected chi connectivity index (χ2v) is 2.83. The summed E-state index contributed by atoms with van der Waals surface area (Å²) in [5, 5.41) is 4.05. The summed E-state index contributed by atoms with van der Waals surface area (Å²) >= 11 is 0. The van der Waals surface area contributed by atoms with Crippen LogP contribution in [0.5, 0.6) is 0 Å². The van der Waals surface area contributed by atoms with E-state index in [9.17, 15) is 4.79 Å². The number of carbonyl (C=O) groups excluding carboxylic acids is 1. The SMILES string of the molecule is CCOC(=O)c1ccn(CCCN)n1. The number of nitrogens with two attached hydrogens (primary N) is 1. The Bertz CT molecular complexity index is 296. The van der Waals surface area contributed by atoms with E-state index in [0.717, 1.165) is 13.0 Å². The summed E-state index contributed by atoms with van der Waals surface area (Å²) in [4.78, 5) is 11.2. The second kappa shape index (κ2) is 5.39. The molecule has 5 nitrogen and oxygen atoms in total. The number of hydrogen-bond acceptors (Lipinski definition) is 4. The number of aromatic nitrogens is 2. The number of rotatable bonds is 5. The lowest BCUT2D eigenvalue weighted by Gasteiger charge is -1.99. The number of aryl methyl sites for hydroxylation is 1. The van der Waals surface area contributed by atoms with Gasteiger partial charge < -0.3 is 10.5 Å². The van der Waals surface area contributed by atoms with Crippen molar-refractivity contribution in [1.82, 2.24) is 9.78 Å². The third kappa shape index (κ3) is 2.85. The van der Waals surface area contributed by atoms with Crippen molar-refractivity contribution in [2.24, 2.45) is 5.73 Å². The van der Waals surface area contributed by atoms with E-state index < -0.39 is 0 Å². The Labute approximate surface area is 82.8 Å². The van der Waals surface area contributed by atoms with Gasteiger partial charge in [0.2, 0.25) is 0 Å². The molecular formula is C9H15N3O2. The van der Waals surface area contributed by atoms with Crippen LogP contribution in [0.4, 0.5) is 0 Å². The third-order valence-corrected chi connectivity index (χ3v) is 1.72. The van der Waals surface area contributed by atoms with Crippen molar-refractivity contribution >= 4 is 5.97 Å². The van der Waals surface area contributed by atoms with Crippen molar-refractivity contribution in [2.45, 2.75) is 19.9 Å². The van der Waals surface area contributed by atoms with Crippen LogP contribution in [-0.2, 0) is 11.3 Å². The van der Waals surface area contributed by atoms with E-state index in [-0.39, 0.29) is 5.97 Å². The molecule has 0 aliphatic rings. The van der Waals surface area contributed by atoms with Gasteiger partial charge in [-0.3, -0.25) is 4.68 Å². The molecule has 0 amide bonds. The summed E-state index contributed by atoms with van der Waals surface area (Å²) in [6.45, 7) is 3.49. The molecule has 1 heterocycles. The number of carbonyl (C=O) groups is 1. The monoisotopic (exact) mass is 197 g/mol. The molecule has 0 saturated carbocycles. The lowest BCUT2D eigenvalue weighted by Crippen LogP contribution is -2.09. The molecule has 14 heavy (non-hydrogen) atoms. The van der Waals surface area contributed by atoms with Crippen molar-refractivity contribution in [2.75, 3.05) is 13.2 Å². The highest BCUT2D eigenvalue weighted by atomic mass is 16.5. The van der Waals surface area contributed by atoms with Gasteiger partial charge in [0, 0.05) is 12.7 Å². The number of ether oxygens (including phenoxy) is 1. The van der Waals surface area contributed by atoms with Gasteiger partial charge in [0.15, 0.2) is 5.69 Å². The first-order valence-corrected chi connectivity index (χ1v) is 4.68. The predicted molar refractivity (Wildman–Crippen MR) is 51.9 cm³/mol. The molecular weight excluding hydrogens is 182 g/mol. The largest absolute Gasteiger partial charge is 0.461 e. The van der Waals surface area contributed by atoms with Crippen LogP contribution >= 0.6 is 0 Å². The highest BCUT2D eigenvalue weighted by Crippen LogP contribution is 1.99. The maximum atomic E-state index is 11.2. The Kier molecular flexibility index (Phi) is 4.12. The zero-order valence-electron chi connectivity index (χ0n) is 8.27. The van der Waals surface area contributed by atoms with Gasteiger partial charge in [-0.2, -0.15) is 5.10 Å². The van der Waals surface area contributed by atoms with Crippen molar-refractivity contribution in [3.05, 3.63) is 18.0 Å². The van der Waals surface area contributed by atoms with Gasteiger partial charge in [0.1, 0.15) is 0 Å². The lowest BCUT2D eigenvalue weighted by molar-refractivity contribution is 0.0518. The van der Waals surface area contributed by atoms with Gasteiger partial charge in [-0.15, -0.1) is 0 Å². The molecule has 78 valence electrons. The molecule has 0 unspecified atom stereocenters. The quantitative estimate of drug-likeness (QED) is 0.694. The van der Waals surface area contributed by atoms with Gasteiger partial charge in [0.25, 0.3) is 0 Å². The second-order valence-electron chi connectivity index (χ2n) is 2.83. The average Bonchev–Trinajstić information content (AvgIpc) is 2.63. The molecule has 0 spiro atoms. The molecule has 2 N–H and O–H groups in total. The zero-order chi connectivity index (χ0) is 10.4. The van der Waals surface area contributed by atoms with E-state index in [0.29, 0.717) is 18.8 Å². The minimum absolute atomic E-state index is 0.351. The average molecular weight is 197 g/mol. The summed E-state index contributed by atoms with van der Waals surface area (Å²) in [5.74, 6) is -0.376. The zero-order valence-corrected chi connectivity index (χ0v) is 8.27. The molecule has 0 aliphatic heterocycles. The molecule has 0 atom stereocenters. The Balaban J connectivity index is 2.54. The normalized spacial score (nSPS) is 10.1. The van der Waals surface area contributed by atoms with E-state index in [2.05, 4.69) is 5.10 Å². The summed E-state index contributed by atoms with van der Waals surface area (Å²) in [7, 11) is 0. The minimum Gasteiger partial charge on any atom is -0.461 e. The Morgan fingerprint density at radius 2 is 2.50 bits per heavy atom. The molecule has 0 aromatic carbocycles. The topological polar surface area (TPSA) is 70.1 Å². The summed E-state index contributed by atoms with van der Waals surface area (Å²) in [5.41, 5.74) is 5.71. The van der Waals surface area contributed by atoms with Crippen LogP contribution in [-0.4, -0.2) is 28.9 Å². The highest BCUT2D eigenvalue weighted by molar-refractivity contribution is 5.86. The molecule has 0 saturated heterocycles. The van der Waals surface area contributed by atoms with E-state index in [1.165, 1.54) is 0 Å². The maximum absolute atomic E-state index is 11.2. The standard InChI is InChI=1S/C9H15N3O2/c1-2-14-9(13)8-4-7-12(11-8)6-3-5-10/h4,7H,2-3,5-6,10H2,1H3. The van der Waals surface area contributed by atoms with Crippen LogP contribution in [0.1, 0.15) is 23.8 Å². The summed E-state index contributed by atoms with van der Waals surface area (Å²) in [6.07, 6.45) is 2.60. The predicted octanol–water partition coefficient (Wildman–Crippen LogP) is 0.409. The van der Waals surface area contributed by atoms with E-state index >= 15 is 0 Å². The molecule has 5 heteroatoms. The summed E-state index contributed by atoms with van der Waals surface area (Å²) in [6, 6.07) is 1.65. The van der Waals surface area contributed by atoms with Crippen molar-refractivity contribution < 1.29 is 9.53 Å². The Hall–Kier alpha value is -1.36. The van der Waals surface area contributed by atoms with Crippen LogP contribution in [0, 0.1) is 0 Å². The number of esters is 1. The first kappa shape index (κ1) is 10.7. The molecule has 1 aromatic rings. The van der Waals surface area contributed by atoms with Gasteiger partial charge >= 0.3 is 5.97 Å². The lowest BCUT2D eigenvalue weighted by atomic mass is 10.4. The van der Waals surface area contributed by atoms with Gasteiger partial charge in [-0.1, -0.05) is 0 Å². The van der Waals surface area contributed by atoms with E-state index in [1.54, 1.807) is 23.9 Å². The van der Waals surface area contributed by atoms with Crippen LogP contribution in [0.3, 0.4) is 0 Å². The highest BCUT2D eigenvalue weighted by Gasteiger charge is 2.09. The van der Waals surface area contributed by atoms with Crippen molar-refractivity contribution in [1.29, 1.82) is 0 Å². The Morgan fingerprint density at radius 1 is 1.71 bits per heavy atom. The van der Waals surface area contributed by atoms with Crippen molar-refractivity contribution in [3.8, 4) is 0 Å². The van der Waals surface area contributed by atoms with Crippen LogP contribution < -0.4 is 5.73 Å². The fraction of sp³-hybridized carbons (Fsp3) is 0.556. The molecule has 0 aliphatic carbocycles. The summed E-state index contributed by atoms with van der Waals surface area (Å²) < 4.78 is 6.50. The van der Waals surface area contributed by atoms with Crippen LogP contribution in [0.25, 0.3) is 0 Å². The first-order chi connectivity index (χ1) is 6.77. The van der Waals surface area contributed by atoms with E-state index in [4.69, 9.17) is 10.5 Å². The Morgan fingerprint density at radius 3 is 3.14 bits per heavy atom. The van der Waals surface area contributed by atoms with Gasteiger partial charge in [0.05, 0.1) is 6.61 Å². The molecule has 0 fully saturated rings. The number of hydrogen-bond donors (Lipinski definition) is 1. The maximum Gasteiger partial charge on any atom is 0.358 e. The van der Waals surface area contributed by atoms with E-state index in [1.807, 2.05) is 0 Å². The van der Waals surface area contributed by atoms with Gasteiger partial charge in [-0.25, -0.2) is 4.79 Å². The minimum atomic E-state index is -0.376. The fourth-order valence-corrected chi connectivity index (χ4v) is 1.05. The number of nitrogens with zero attached hydrogens (tertiary/aromatic N) is 2. The molecule has 1 rings (SSSR count). The molecule has 0 radical (unpaired) electrons. The van der Waals surface area contributed by atoms with Crippen LogP contribution in [0.2, 0.25) is 0 Å².